The predicted octanol–water partition coefficient (Wildman–Crippen LogP) is 2.01. The van der Waals surface area contributed by atoms with Gasteiger partial charge < -0.3 is 10.6 Å². The van der Waals surface area contributed by atoms with Gasteiger partial charge in [0.1, 0.15) is 10.7 Å². The molecule has 25 heavy (non-hydrogen) atoms. The van der Waals surface area contributed by atoms with Crippen molar-refractivity contribution < 1.29 is 4.79 Å². The minimum atomic E-state index is -0.0798. The number of aromatic nitrogens is 2. The Hall–Kier alpha value is -1.44. The summed E-state index contributed by atoms with van der Waals surface area (Å²) in [6.45, 7) is 4.35. The number of hydrogen-bond acceptors (Lipinski definition) is 5. The Labute approximate surface area is 156 Å². The monoisotopic (exact) mass is 382 g/mol. The third-order valence-electron chi connectivity index (χ3n) is 5.01. The van der Waals surface area contributed by atoms with Crippen LogP contribution in [0.15, 0.2) is 4.79 Å². The van der Waals surface area contributed by atoms with Crippen LogP contribution in [0.4, 0.5) is 0 Å². The van der Waals surface area contributed by atoms with Gasteiger partial charge in [-0.3, -0.25) is 14.2 Å². The number of nitrogens with zero attached hydrogens (tertiary/aromatic N) is 2. The second-order valence-electron chi connectivity index (χ2n) is 6.70. The third-order valence-corrected chi connectivity index (χ3v) is 6.20. The molecular weight excluding hydrogens is 360 g/mol. The molecule has 136 valence electrons. The van der Waals surface area contributed by atoms with Gasteiger partial charge in [0, 0.05) is 25.6 Å². The number of aryl methyl sites for hydroxylation is 2. The summed E-state index contributed by atoms with van der Waals surface area (Å²) in [4.78, 5) is 31.6. The number of rotatable bonds is 2. The van der Waals surface area contributed by atoms with E-state index in [4.69, 9.17) is 4.98 Å². The van der Waals surface area contributed by atoms with Crippen LogP contribution >= 0.6 is 23.7 Å². The molecule has 6 nitrogen and oxygen atoms in total. The Kier molecular flexibility index (Phi) is 5.46. The minimum absolute atomic E-state index is 0. The van der Waals surface area contributed by atoms with Crippen molar-refractivity contribution in [2.24, 2.45) is 0 Å². The van der Waals surface area contributed by atoms with Crippen molar-refractivity contribution in [1.29, 1.82) is 0 Å². The molecule has 0 radical (unpaired) electrons. The molecule has 2 aliphatic rings. The third kappa shape index (κ3) is 3.32. The Morgan fingerprint density at radius 2 is 2.20 bits per heavy atom. The average Bonchev–Trinajstić information content (AvgIpc) is 3.09. The molecule has 2 aromatic heterocycles. The van der Waals surface area contributed by atoms with Crippen LogP contribution in [0, 0.1) is 6.92 Å². The van der Waals surface area contributed by atoms with E-state index in [0.717, 1.165) is 63.1 Å². The van der Waals surface area contributed by atoms with Gasteiger partial charge in [0.2, 0.25) is 0 Å². The van der Waals surface area contributed by atoms with Gasteiger partial charge in [-0.05, 0) is 38.3 Å². The van der Waals surface area contributed by atoms with E-state index in [1.165, 1.54) is 11.3 Å². The quantitative estimate of drug-likeness (QED) is 0.833. The molecule has 0 spiro atoms. The van der Waals surface area contributed by atoms with Crippen LogP contribution in [0.2, 0.25) is 0 Å². The lowest BCUT2D eigenvalue weighted by molar-refractivity contribution is 0.0943. The molecule has 0 aromatic carbocycles. The summed E-state index contributed by atoms with van der Waals surface area (Å²) in [5.74, 6) is 0.794. The van der Waals surface area contributed by atoms with Crippen LogP contribution in [0.3, 0.4) is 0 Å². The highest BCUT2D eigenvalue weighted by molar-refractivity contribution is 7.20. The van der Waals surface area contributed by atoms with E-state index in [9.17, 15) is 9.59 Å². The van der Waals surface area contributed by atoms with Crippen LogP contribution in [-0.2, 0) is 13.0 Å². The van der Waals surface area contributed by atoms with Crippen molar-refractivity contribution in [2.75, 3.05) is 13.1 Å². The second kappa shape index (κ2) is 7.43. The Morgan fingerprint density at radius 1 is 1.36 bits per heavy atom. The van der Waals surface area contributed by atoms with Crippen LogP contribution in [0.5, 0.6) is 0 Å². The maximum absolute atomic E-state index is 12.9. The topological polar surface area (TPSA) is 76.0 Å². The van der Waals surface area contributed by atoms with Gasteiger partial charge in [0.05, 0.1) is 10.3 Å². The summed E-state index contributed by atoms with van der Waals surface area (Å²) in [5, 5.41) is 6.94. The van der Waals surface area contributed by atoms with Crippen LogP contribution < -0.4 is 16.2 Å². The zero-order valence-corrected chi connectivity index (χ0v) is 15.9. The van der Waals surface area contributed by atoms with Gasteiger partial charge in [-0.1, -0.05) is 6.42 Å². The summed E-state index contributed by atoms with van der Waals surface area (Å²) < 4.78 is 1.82. The fraction of sp³-hybridized carbons (Fsp3) is 0.588. The summed E-state index contributed by atoms with van der Waals surface area (Å²) in [6.07, 6.45) is 5.02. The standard InChI is InChI=1S/C17H22N4O2S.ClH/c1-10-13-16(20-12-5-3-2-4-8-21(12)17(13)23)24-14(10)15(22)19-11-6-7-18-9-11;/h11,18H,2-9H2,1H3,(H,19,22);1H. The largest absolute Gasteiger partial charge is 0.347 e. The van der Waals surface area contributed by atoms with Crippen LogP contribution in [0.1, 0.15) is 46.7 Å². The normalized spacial score (nSPS) is 20.0. The fourth-order valence-corrected chi connectivity index (χ4v) is 4.75. The first-order chi connectivity index (χ1) is 11.6. The first kappa shape index (κ1) is 18.4. The predicted molar refractivity (Wildman–Crippen MR) is 102 cm³/mol. The lowest BCUT2D eigenvalue weighted by Crippen LogP contribution is -2.36. The van der Waals surface area contributed by atoms with Crippen molar-refractivity contribution in [1.82, 2.24) is 20.2 Å². The van der Waals surface area contributed by atoms with E-state index in [1.807, 2.05) is 11.5 Å². The first-order valence-electron chi connectivity index (χ1n) is 8.69. The second-order valence-corrected chi connectivity index (χ2v) is 7.69. The lowest BCUT2D eigenvalue weighted by atomic mass is 10.2. The number of carbonyl (C=O) groups excluding carboxylic acids is 1. The Morgan fingerprint density at radius 3 is 2.96 bits per heavy atom. The number of halogens is 1. The number of fused-ring (bicyclic) bond motifs is 2. The highest BCUT2D eigenvalue weighted by atomic mass is 35.5. The zero-order valence-electron chi connectivity index (χ0n) is 14.3. The van der Waals surface area contributed by atoms with Crippen molar-refractivity contribution in [2.45, 2.75) is 51.6 Å². The molecule has 1 unspecified atom stereocenters. The summed E-state index contributed by atoms with van der Waals surface area (Å²) >= 11 is 1.35. The summed E-state index contributed by atoms with van der Waals surface area (Å²) in [6, 6.07) is 0.174. The van der Waals surface area contributed by atoms with Gasteiger partial charge in [-0.25, -0.2) is 4.98 Å². The van der Waals surface area contributed by atoms with Gasteiger partial charge >= 0.3 is 0 Å². The molecule has 2 aliphatic heterocycles. The highest BCUT2D eigenvalue weighted by Crippen LogP contribution is 2.28. The molecule has 1 saturated heterocycles. The molecule has 4 rings (SSSR count). The summed E-state index contributed by atoms with van der Waals surface area (Å²) in [5.41, 5.74) is 0.794. The number of nitrogens with one attached hydrogen (secondary N) is 2. The smallest absolute Gasteiger partial charge is 0.262 e. The maximum atomic E-state index is 12.9. The number of thiophene rings is 1. The zero-order chi connectivity index (χ0) is 16.7. The molecule has 1 amide bonds. The fourth-order valence-electron chi connectivity index (χ4n) is 3.66. The van der Waals surface area contributed by atoms with Gasteiger partial charge in [-0.2, -0.15) is 0 Å². The van der Waals surface area contributed by atoms with Crippen molar-refractivity contribution in [3.05, 3.63) is 26.6 Å². The van der Waals surface area contributed by atoms with E-state index in [1.54, 1.807) is 0 Å². The van der Waals surface area contributed by atoms with Gasteiger partial charge in [0.15, 0.2) is 0 Å². The molecule has 1 atom stereocenters. The maximum Gasteiger partial charge on any atom is 0.262 e. The number of amides is 1. The molecule has 8 heteroatoms. The highest BCUT2D eigenvalue weighted by Gasteiger charge is 2.24. The molecule has 4 heterocycles. The van der Waals surface area contributed by atoms with E-state index in [0.29, 0.717) is 15.1 Å². The van der Waals surface area contributed by atoms with Gasteiger partial charge in [-0.15, -0.1) is 23.7 Å². The SMILES string of the molecule is Cc1c(C(=O)NC2CCNC2)sc2nc3n(c(=O)c12)CCCCC3.Cl. The van der Waals surface area contributed by atoms with E-state index in [2.05, 4.69) is 10.6 Å². The lowest BCUT2D eigenvalue weighted by Gasteiger charge is -2.10. The Bertz CT molecular complexity index is 854. The number of carbonyl (C=O) groups is 1. The molecule has 0 aliphatic carbocycles. The minimum Gasteiger partial charge on any atom is -0.347 e. The molecule has 2 N–H and O–H groups in total. The molecule has 0 bridgehead atoms. The molecule has 2 aromatic rings. The Balaban J connectivity index is 0.00000182. The number of hydrogen-bond donors (Lipinski definition) is 2. The van der Waals surface area contributed by atoms with E-state index < -0.39 is 0 Å². The molecule has 1 fully saturated rings. The molecule has 0 saturated carbocycles. The van der Waals surface area contributed by atoms with Crippen molar-refractivity contribution in [3.63, 3.8) is 0 Å². The molecular formula is C17H23ClN4O2S. The van der Waals surface area contributed by atoms with Crippen LogP contribution in [-0.4, -0.2) is 34.6 Å². The summed E-state index contributed by atoms with van der Waals surface area (Å²) in [7, 11) is 0. The average molecular weight is 383 g/mol. The van der Waals surface area contributed by atoms with E-state index in [-0.39, 0.29) is 29.9 Å². The van der Waals surface area contributed by atoms with Crippen molar-refractivity contribution >= 4 is 39.9 Å². The van der Waals surface area contributed by atoms with Crippen molar-refractivity contribution in [3.8, 4) is 0 Å². The van der Waals surface area contributed by atoms with Gasteiger partial charge in [0.25, 0.3) is 11.5 Å². The first-order valence-corrected chi connectivity index (χ1v) is 9.51. The van der Waals surface area contributed by atoms with E-state index >= 15 is 0 Å². The van der Waals surface area contributed by atoms with Crippen LogP contribution in [0.25, 0.3) is 10.2 Å².